The zero-order chi connectivity index (χ0) is 19.3. The van der Waals surface area contributed by atoms with Crippen molar-refractivity contribution in [1.82, 2.24) is 4.90 Å². The number of hydrogen-bond donors (Lipinski definition) is 2. The van der Waals surface area contributed by atoms with Gasteiger partial charge in [0, 0.05) is 31.1 Å². The summed E-state index contributed by atoms with van der Waals surface area (Å²) in [5.41, 5.74) is 6.68. The third kappa shape index (κ3) is 5.07. The fourth-order valence-corrected chi connectivity index (χ4v) is 3.31. The smallest absolute Gasteiger partial charge is 0.293 e. The monoisotopic (exact) mass is 365 g/mol. The first-order valence-corrected chi connectivity index (χ1v) is 8.97. The minimum atomic E-state index is -0.664. The molecule has 1 fully saturated rings. The van der Waals surface area contributed by atoms with Crippen LogP contribution in [0.25, 0.3) is 0 Å². The topological polar surface area (TPSA) is 92.6 Å². The molecule has 1 aliphatic rings. The molecule has 0 aromatic heterocycles. The molecular formula is C21H23N3O3. The van der Waals surface area contributed by atoms with Crippen molar-refractivity contribution < 1.29 is 10.0 Å². The van der Waals surface area contributed by atoms with Gasteiger partial charge in [0.2, 0.25) is 0 Å². The molecule has 140 valence electrons. The number of rotatable bonds is 4. The third-order valence-electron chi connectivity index (χ3n) is 4.93. The van der Waals surface area contributed by atoms with Crippen molar-refractivity contribution >= 4 is 11.4 Å². The molecule has 1 saturated heterocycles. The lowest BCUT2D eigenvalue weighted by Gasteiger charge is -2.37. The summed E-state index contributed by atoms with van der Waals surface area (Å²) < 4.78 is 0. The number of benzene rings is 2. The van der Waals surface area contributed by atoms with Gasteiger partial charge in [-0.1, -0.05) is 42.2 Å². The Morgan fingerprint density at radius 2 is 1.89 bits per heavy atom. The fourth-order valence-electron chi connectivity index (χ4n) is 3.31. The molecule has 6 nitrogen and oxygen atoms in total. The molecule has 6 heteroatoms. The molecule has 0 amide bonds. The molecule has 0 aliphatic carbocycles. The molecule has 0 saturated carbocycles. The zero-order valence-corrected chi connectivity index (χ0v) is 15.1. The summed E-state index contributed by atoms with van der Waals surface area (Å²) in [6.45, 7) is 2.12. The number of anilines is 1. The summed E-state index contributed by atoms with van der Waals surface area (Å²) in [5.74, 6) is 6.03. The molecule has 3 N–H and O–H groups in total. The average Bonchev–Trinajstić information content (AvgIpc) is 2.65. The van der Waals surface area contributed by atoms with E-state index in [9.17, 15) is 15.2 Å². The van der Waals surface area contributed by atoms with Crippen molar-refractivity contribution in [2.45, 2.75) is 24.9 Å². The number of piperidine rings is 1. The number of nitrogens with zero attached hydrogens (tertiary/aromatic N) is 2. The first kappa shape index (κ1) is 18.9. The normalized spacial score (nSPS) is 16.3. The van der Waals surface area contributed by atoms with Crippen LogP contribution in [0, 0.1) is 22.0 Å². The minimum absolute atomic E-state index is 0.120. The van der Waals surface area contributed by atoms with Gasteiger partial charge in [-0.2, -0.15) is 0 Å². The number of likely N-dealkylation sites (tertiary alicyclic amines) is 1. The van der Waals surface area contributed by atoms with Crippen molar-refractivity contribution in [3.8, 4) is 11.8 Å². The van der Waals surface area contributed by atoms with Crippen molar-refractivity contribution in [3.63, 3.8) is 0 Å². The van der Waals surface area contributed by atoms with Gasteiger partial charge in [0.25, 0.3) is 5.69 Å². The number of aliphatic hydroxyl groups is 1. The lowest BCUT2D eigenvalue weighted by molar-refractivity contribution is -0.383. The zero-order valence-electron chi connectivity index (χ0n) is 15.1. The number of nitro groups is 1. The van der Waals surface area contributed by atoms with Crippen LogP contribution in [0.4, 0.5) is 11.4 Å². The highest BCUT2D eigenvalue weighted by atomic mass is 16.6. The van der Waals surface area contributed by atoms with E-state index in [1.54, 1.807) is 6.07 Å². The molecule has 0 unspecified atom stereocenters. The largest absolute Gasteiger partial charge is 0.393 e. The standard InChI is InChI=1S/C21H23N3O3/c22-19-9-8-17(15-20(19)24(26)27)7-4-12-23-13-10-21(25,11-14-23)16-18-5-2-1-3-6-18/h1-3,5-6,8-9,15,25H,10-14,16,22H2. The second kappa shape index (κ2) is 8.21. The molecule has 1 heterocycles. The molecule has 2 aromatic carbocycles. The Balaban J connectivity index is 1.54. The van der Waals surface area contributed by atoms with Crippen molar-refractivity contribution in [2.24, 2.45) is 0 Å². The van der Waals surface area contributed by atoms with E-state index in [0.29, 0.717) is 31.4 Å². The minimum Gasteiger partial charge on any atom is -0.393 e. The Hall–Kier alpha value is -2.88. The van der Waals surface area contributed by atoms with Crippen molar-refractivity contribution in [1.29, 1.82) is 0 Å². The predicted molar refractivity (Wildman–Crippen MR) is 105 cm³/mol. The highest BCUT2D eigenvalue weighted by Gasteiger charge is 2.31. The summed E-state index contributed by atoms with van der Waals surface area (Å²) in [6.07, 6.45) is 2.08. The van der Waals surface area contributed by atoms with Gasteiger partial charge in [0.1, 0.15) is 5.69 Å². The molecule has 0 atom stereocenters. The third-order valence-corrected chi connectivity index (χ3v) is 4.93. The molecule has 0 spiro atoms. The van der Waals surface area contributed by atoms with Crippen molar-refractivity contribution in [3.05, 3.63) is 69.8 Å². The van der Waals surface area contributed by atoms with Gasteiger partial charge in [-0.05, 0) is 30.5 Å². The Morgan fingerprint density at radius 3 is 2.56 bits per heavy atom. The van der Waals surface area contributed by atoms with Gasteiger partial charge in [-0.25, -0.2) is 0 Å². The highest BCUT2D eigenvalue weighted by molar-refractivity contribution is 5.61. The number of nitrogen functional groups attached to an aromatic ring is 1. The van der Waals surface area contributed by atoms with Crippen LogP contribution >= 0.6 is 0 Å². The molecule has 0 radical (unpaired) electrons. The summed E-state index contributed by atoms with van der Waals surface area (Å²) in [5, 5.41) is 21.7. The molecule has 1 aliphatic heterocycles. The summed E-state index contributed by atoms with van der Waals surface area (Å²) in [7, 11) is 0. The summed E-state index contributed by atoms with van der Waals surface area (Å²) >= 11 is 0. The second-order valence-electron chi connectivity index (χ2n) is 7.00. The average molecular weight is 365 g/mol. The van der Waals surface area contributed by atoms with E-state index >= 15 is 0 Å². The summed E-state index contributed by atoms with van der Waals surface area (Å²) in [4.78, 5) is 12.6. The summed E-state index contributed by atoms with van der Waals surface area (Å²) in [6, 6.07) is 14.6. The van der Waals surface area contributed by atoms with Crippen LogP contribution in [-0.2, 0) is 6.42 Å². The van der Waals surface area contributed by atoms with Crippen LogP contribution < -0.4 is 5.73 Å². The Kier molecular flexibility index (Phi) is 5.75. The van der Waals surface area contributed by atoms with E-state index in [1.165, 1.54) is 12.1 Å². The predicted octanol–water partition coefficient (Wildman–Crippen LogP) is 2.60. The van der Waals surface area contributed by atoms with Gasteiger partial charge >= 0.3 is 0 Å². The fraction of sp³-hybridized carbons (Fsp3) is 0.333. The quantitative estimate of drug-likeness (QED) is 0.376. The van der Waals surface area contributed by atoms with Gasteiger partial charge < -0.3 is 10.8 Å². The van der Waals surface area contributed by atoms with E-state index in [1.807, 2.05) is 30.3 Å². The van der Waals surface area contributed by atoms with Crippen LogP contribution in [0.2, 0.25) is 0 Å². The lowest BCUT2D eigenvalue weighted by Crippen LogP contribution is -2.45. The maximum absolute atomic E-state index is 10.9. The number of nitro benzene ring substituents is 1. The van der Waals surface area contributed by atoms with Crippen LogP contribution in [0.1, 0.15) is 24.0 Å². The van der Waals surface area contributed by atoms with E-state index < -0.39 is 10.5 Å². The first-order valence-electron chi connectivity index (χ1n) is 8.97. The molecular weight excluding hydrogens is 342 g/mol. The maximum Gasteiger partial charge on any atom is 0.293 e. The second-order valence-corrected chi connectivity index (χ2v) is 7.00. The van der Waals surface area contributed by atoms with E-state index in [-0.39, 0.29) is 11.4 Å². The van der Waals surface area contributed by atoms with Crippen LogP contribution in [0.5, 0.6) is 0 Å². The molecule has 0 bridgehead atoms. The Morgan fingerprint density at radius 1 is 1.19 bits per heavy atom. The van der Waals surface area contributed by atoms with E-state index in [0.717, 1.165) is 18.7 Å². The number of hydrogen-bond acceptors (Lipinski definition) is 5. The maximum atomic E-state index is 10.9. The molecule has 3 rings (SSSR count). The van der Waals surface area contributed by atoms with Crippen LogP contribution in [0.3, 0.4) is 0 Å². The first-order chi connectivity index (χ1) is 13.0. The van der Waals surface area contributed by atoms with Crippen LogP contribution in [0.15, 0.2) is 48.5 Å². The molecule has 2 aromatic rings. The van der Waals surface area contributed by atoms with E-state index in [2.05, 4.69) is 16.7 Å². The van der Waals surface area contributed by atoms with E-state index in [4.69, 9.17) is 5.73 Å². The van der Waals surface area contributed by atoms with Gasteiger partial charge in [0.05, 0.1) is 17.1 Å². The SMILES string of the molecule is Nc1ccc(C#CCN2CCC(O)(Cc3ccccc3)CC2)cc1[N+](=O)[O-]. The molecule has 27 heavy (non-hydrogen) atoms. The Bertz CT molecular complexity index is 863. The van der Waals surface area contributed by atoms with Gasteiger partial charge in [-0.3, -0.25) is 15.0 Å². The Labute approximate surface area is 158 Å². The van der Waals surface area contributed by atoms with Gasteiger partial charge in [-0.15, -0.1) is 0 Å². The van der Waals surface area contributed by atoms with Crippen molar-refractivity contribution in [2.75, 3.05) is 25.4 Å². The lowest BCUT2D eigenvalue weighted by atomic mass is 9.85. The highest BCUT2D eigenvalue weighted by Crippen LogP contribution is 2.26. The number of nitrogens with two attached hydrogens (primary N) is 1. The van der Waals surface area contributed by atoms with Gasteiger partial charge in [0.15, 0.2) is 0 Å². The van der Waals surface area contributed by atoms with Crippen LogP contribution in [-0.4, -0.2) is 40.2 Å².